The molecule has 1 aromatic rings. The maximum atomic E-state index is 10.3. The van der Waals surface area contributed by atoms with E-state index in [2.05, 4.69) is 15.9 Å². The third-order valence-electron chi connectivity index (χ3n) is 3.23. The summed E-state index contributed by atoms with van der Waals surface area (Å²) in [5.74, 6) is 0. The Morgan fingerprint density at radius 1 is 1.64 bits per heavy atom. The van der Waals surface area contributed by atoms with E-state index >= 15 is 0 Å². The van der Waals surface area contributed by atoms with E-state index in [1.54, 1.807) is 11.3 Å². The van der Waals surface area contributed by atoms with Crippen LogP contribution in [0, 0.1) is 5.41 Å². The summed E-state index contributed by atoms with van der Waals surface area (Å²) in [5, 5.41) is 12.3. The molecule has 0 aromatic carbocycles. The van der Waals surface area contributed by atoms with Gasteiger partial charge in [0.1, 0.15) is 0 Å². The zero-order chi connectivity index (χ0) is 10.2. The summed E-state index contributed by atoms with van der Waals surface area (Å²) < 4.78 is 1.01. The Kier molecular flexibility index (Phi) is 2.98. The van der Waals surface area contributed by atoms with Gasteiger partial charge in [-0.15, -0.1) is 11.3 Å². The summed E-state index contributed by atoms with van der Waals surface area (Å²) in [4.78, 5) is 1.02. The first-order valence-electron chi connectivity index (χ1n) is 4.81. The van der Waals surface area contributed by atoms with Gasteiger partial charge in [0, 0.05) is 21.3 Å². The fraction of sp³-hybridized carbons (Fsp3) is 0.600. The molecule has 78 valence electrons. The summed E-state index contributed by atoms with van der Waals surface area (Å²) in [7, 11) is 0. The minimum atomic E-state index is -0.393. The molecular weight excluding hydrogens is 262 g/mol. The lowest BCUT2D eigenvalue weighted by atomic mass is 9.65. The van der Waals surface area contributed by atoms with E-state index in [1.165, 1.54) is 6.42 Å². The van der Waals surface area contributed by atoms with E-state index in [9.17, 15) is 5.11 Å². The number of thiophene rings is 1. The van der Waals surface area contributed by atoms with Gasteiger partial charge in [0.15, 0.2) is 0 Å². The zero-order valence-electron chi connectivity index (χ0n) is 7.87. The highest BCUT2D eigenvalue weighted by atomic mass is 79.9. The van der Waals surface area contributed by atoms with Gasteiger partial charge in [-0.1, -0.05) is 6.42 Å². The Labute approximate surface area is 96.3 Å². The van der Waals surface area contributed by atoms with Crippen molar-refractivity contribution in [3.63, 3.8) is 0 Å². The molecule has 3 N–H and O–H groups in total. The third-order valence-corrected chi connectivity index (χ3v) is 5.15. The number of aliphatic hydroxyl groups excluding tert-OH is 1. The van der Waals surface area contributed by atoms with Crippen molar-refractivity contribution in [2.75, 3.05) is 6.54 Å². The number of hydrogen-bond donors (Lipinski definition) is 2. The molecule has 0 bridgehead atoms. The van der Waals surface area contributed by atoms with Gasteiger partial charge in [0.2, 0.25) is 0 Å². The van der Waals surface area contributed by atoms with E-state index in [0.29, 0.717) is 6.54 Å². The van der Waals surface area contributed by atoms with Gasteiger partial charge in [-0.25, -0.2) is 0 Å². The van der Waals surface area contributed by atoms with E-state index < -0.39 is 6.10 Å². The first kappa shape index (κ1) is 10.6. The fourth-order valence-corrected chi connectivity index (χ4v) is 3.71. The molecule has 1 atom stereocenters. The number of nitrogens with two attached hydrogens (primary N) is 1. The van der Waals surface area contributed by atoms with Gasteiger partial charge in [-0.05, 0) is 40.2 Å². The third kappa shape index (κ3) is 1.54. The lowest BCUT2D eigenvalue weighted by Crippen LogP contribution is -2.42. The highest BCUT2D eigenvalue weighted by Gasteiger charge is 2.43. The topological polar surface area (TPSA) is 46.2 Å². The lowest BCUT2D eigenvalue weighted by Gasteiger charge is -2.44. The van der Waals surface area contributed by atoms with Crippen LogP contribution in [0.2, 0.25) is 0 Å². The normalized spacial score (nSPS) is 21.6. The SMILES string of the molecule is NCC1(C(O)c2sccc2Br)CCC1. The van der Waals surface area contributed by atoms with Crippen LogP contribution in [-0.2, 0) is 0 Å². The number of rotatable bonds is 3. The second-order valence-corrected chi connectivity index (χ2v) is 5.76. The molecule has 0 spiro atoms. The van der Waals surface area contributed by atoms with Gasteiger partial charge in [-0.3, -0.25) is 0 Å². The fourth-order valence-electron chi connectivity index (χ4n) is 2.00. The van der Waals surface area contributed by atoms with Gasteiger partial charge in [-0.2, -0.15) is 0 Å². The monoisotopic (exact) mass is 275 g/mol. The van der Waals surface area contributed by atoms with Crippen LogP contribution in [0.15, 0.2) is 15.9 Å². The second-order valence-electron chi connectivity index (χ2n) is 3.96. The molecular formula is C10H14BrNOS. The van der Waals surface area contributed by atoms with Crippen molar-refractivity contribution in [3.8, 4) is 0 Å². The molecule has 2 rings (SSSR count). The molecule has 1 aliphatic carbocycles. The summed E-state index contributed by atoms with van der Waals surface area (Å²) in [6.07, 6.45) is 2.90. The van der Waals surface area contributed by atoms with Crippen molar-refractivity contribution in [2.45, 2.75) is 25.4 Å². The van der Waals surface area contributed by atoms with Crippen LogP contribution in [0.25, 0.3) is 0 Å². The average Bonchev–Trinajstić information content (AvgIpc) is 2.50. The Morgan fingerprint density at radius 2 is 2.36 bits per heavy atom. The Balaban J connectivity index is 2.22. The van der Waals surface area contributed by atoms with E-state index in [-0.39, 0.29) is 5.41 Å². The van der Waals surface area contributed by atoms with Gasteiger partial charge in [0.25, 0.3) is 0 Å². The van der Waals surface area contributed by atoms with E-state index in [0.717, 1.165) is 22.2 Å². The molecule has 1 heterocycles. The molecule has 2 nitrogen and oxygen atoms in total. The van der Waals surface area contributed by atoms with Crippen LogP contribution in [0.5, 0.6) is 0 Å². The number of halogens is 1. The maximum absolute atomic E-state index is 10.3. The molecule has 1 aromatic heterocycles. The van der Waals surface area contributed by atoms with Crippen LogP contribution >= 0.6 is 27.3 Å². The summed E-state index contributed by atoms with van der Waals surface area (Å²) in [5.41, 5.74) is 5.71. The van der Waals surface area contributed by atoms with Crippen LogP contribution in [0.3, 0.4) is 0 Å². The van der Waals surface area contributed by atoms with Crippen LogP contribution < -0.4 is 5.73 Å². The molecule has 1 saturated carbocycles. The Morgan fingerprint density at radius 3 is 2.71 bits per heavy atom. The van der Waals surface area contributed by atoms with Gasteiger partial charge >= 0.3 is 0 Å². The predicted octanol–water partition coefficient (Wildman–Crippen LogP) is 2.67. The Hall–Kier alpha value is 0.100. The smallest absolute Gasteiger partial charge is 0.0961 e. The van der Waals surface area contributed by atoms with E-state index in [4.69, 9.17) is 5.73 Å². The van der Waals surface area contributed by atoms with E-state index in [1.807, 2.05) is 11.4 Å². The number of aliphatic hydroxyl groups is 1. The minimum Gasteiger partial charge on any atom is -0.387 e. The zero-order valence-corrected chi connectivity index (χ0v) is 10.3. The van der Waals surface area contributed by atoms with Crippen molar-refractivity contribution in [1.29, 1.82) is 0 Å². The second kappa shape index (κ2) is 3.93. The quantitative estimate of drug-likeness (QED) is 0.891. The predicted molar refractivity (Wildman–Crippen MR) is 62.3 cm³/mol. The largest absolute Gasteiger partial charge is 0.387 e. The van der Waals surface area contributed by atoms with Crippen LogP contribution in [-0.4, -0.2) is 11.7 Å². The van der Waals surface area contributed by atoms with Crippen molar-refractivity contribution >= 4 is 27.3 Å². The van der Waals surface area contributed by atoms with Crippen molar-refractivity contribution in [2.24, 2.45) is 11.1 Å². The molecule has 4 heteroatoms. The molecule has 1 fully saturated rings. The van der Waals surface area contributed by atoms with Crippen molar-refractivity contribution in [3.05, 3.63) is 20.8 Å². The van der Waals surface area contributed by atoms with Crippen LogP contribution in [0.1, 0.15) is 30.2 Å². The summed E-state index contributed by atoms with van der Waals surface area (Å²) in [6, 6.07) is 1.98. The maximum Gasteiger partial charge on any atom is 0.0961 e. The lowest BCUT2D eigenvalue weighted by molar-refractivity contribution is -0.0278. The minimum absolute atomic E-state index is 0.0482. The molecule has 1 unspecified atom stereocenters. The van der Waals surface area contributed by atoms with Crippen molar-refractivity contribution in [1.82, 2.24) is 0 Å². The van der Waals surface area contributed by atoms with Crippen molar-refractivity contribution < 1.29 is 5.11 Å². The molecule has 0 aliphatic heterocycles. The average molecular weight is 276 g/mol. The molecule has 0 saturated heterocycles. The first-order valence-corrected chi connectivity index (χ1v) is 6.48. The molecule has 0 radical (unpaired) electrons. The van der Waals surface area contributed by atoms with Gasteiger partial charge in [0.05, 0.1) is 6.10 Å². The highest BCUT2D eigenvalue weighted by Crippen LogP contribution is 2.51. The summed E-state index contributed by atoms with van der Waals surface area (Å²) in [6.45, 7) is 0.582. The standard InChI is InChI=1S/C10H14BrNOS/c11-7-2-5-14-8(7)9(13)10(6-12)3-1-4-10/h2,5,9,13H,1,3-4,6,12H2. The highest BCUT2D eigenvalue weighted by molar-refractivity contribution is 9.10. The Bertz CT molecular complexity index is 316. The first-order chi connectivity index (χ1) is 6.69. The number of hydrogen-bond acceptors (Lipinski definition) is 3. The molecule has 14 heavy (non-hydrogen) atoms. The molecule has 0 amide bonds. The van der Waals surface area contributed by atoms with Gasteiger partial charge < -0.3 is 10.8 Å². The van der Waals surface area contributed by atoms with Crippen LogP contribution in [0.4, 0.5) is 0 Å². The molecule has 1 aliphatic rings. The summed E-state index contributed by atoms with van der Waals surface area (Å²) >= 11 is 5.05.